The molecule has 13 heteroatoms. The molecule has 2 saturated heterocycles. The Morgan fingerprint density at radius 1 is 1.15 bits per heavy atom. The number of anilines is 2. The highest BCUT2D eigenvalue weighted by atomic mass is 32.2. The van der Waals surface area contributed by atoms with Crippen molar-refractivity contribution in [3.05, 3.63) is 23.8 Å². The second-order valence-electron chi connectivity index (χ2n) is 8.30. The lowest BCUT2D eigenvalue weighted by Crippen LogP contribution is -2.41. The van der Waals surface area contributed by atoms with Crippen molar-refractivity contribution in [3.63, 3.8) is 0 Å². The number of likely N-dealkylation sites (tertiary alicyclic amines) is 1. The van der Waals surface area contributed by atoms with Crippen molar-refractivity contribution in [2.75, 3.05) is 35.8 Å². The summed E-state index contributed by atoms with van der Waals surface area (Å²) < 4.78 is 57.7. The molecule has 3 N–H and O–H groups in total. The number of nitrogens with two attached hydrogens (primary N) is 1. The van der Waals surface area contributed by atoms with Gasteiger partial charge < -0.3 is 19.4 Å². The standard InChI is InChI=1S/C20H29F2N5O5S/c1-13(2)31-20(28)27-9-5-15(6-10-27)32-24-14-3-7-26(8-4-14)19-12-16(21)18(11-17(19)22)25-33(23,29)30/h11-13,15,25H,3-10H2,1-2H3,(H2,23,29,30). The van der Waals surface area contributed by atoms with Gasteiger partial charge in [-0.25, -0.2) is 18.7 Å². The molecule has 2 fully saturated rings. The minimum atomic E-state index is -4.21. The number of nitrogens with zero attached hydrogens (tertiary/aromatic N) is 3. The summed E-state index contributed by atoms with van der Waals surface area (Å²) in [6.07, 6.45) is 1.75. The summed E-state index contributed by atoms with van der Waals surface area (Å²) in [4.78, 5) is 20.9. The summed E-state index contributed by atoms with van der Waals surface area (Å²) in [6.45, 7) is 5.49. The van der Waals surface area contributed by atoms with E-state index in [-0.39, 0.29) is 24.0 Å². The highest BCUT2D eigenvalue weighted by molar-refractivity contribution is 7.90. The highest BCUT2D eigenvalue weighted by Crippen LogP contribution is 2.28. The number of benzene rings is 1. The van der Waals surface area contributed by atoms with E-state index in [1.165, 1.54) is 0 Å². The monoisotopic (exact) mass is 489 g/mol. The molecule has 0 aromatic heterocycles. The predicted octanol–water partition coefficient (Wildman–Crippen LogP) is 2.56. The van der Waals surface area contributed by atoms with Gasteiger partial charge in [-0.2, -0.15) is 8.42 Å². The molecule has 33 heavy (non-hydrogen) atoms. The minimum Gasteiger partial charge on any atom is -0.447 e. The number of amides is 1. The Bertz CT molecular complexity index is 987. The molecule has 1 aromatic carbocycles. The minimum absolute atomic E-state index is 0.0353. The van der Waals surface area contributed by atoms with E-state index in [1.807, 2.05) is 0 Å². The molecule has 0 radical (unpaired) electrons. The van der Waals surface area contributed by atoms with E-state index in [0.717, 1.165) is 17.8 Å². The fourth-order valence-electron chi connectivity index (χ4n) is 3.68. The Balaban J connectivity index is 1.49. The lowest BCUT2D eigenvalue weighted by Gasteiger charge is -2.32. The van der Waals surface area contributed by atoms with Gasteiger partial charge in [0.15, 0.2) is 0 Å². The van der Waals surface area contributed by atoms with Gasteiger partial charge in [0, 0.05) is 64.0 Å². The van der Waals surface area contributed by atoms with E-state index in [0.29, 0.717) is 51.9 Å². The molecule has 0 unspecified atom stereocenters. The van der Waals surface area contributed by atoms with Crippen LogP contribution in [0.4, 0.5) is 25.0 Å². The molecule has 1 amide bonds. The number of carbonyl (C=O) groups excluding carboxylic acids is 1. The summed E-state index contributed by atoms with van der Waals surface area (Å²) in [5.41, 5.74) is 0.310. The molecule has 0 saturated carbocycles. The molecule has 0 atom stereocenters. The number of piperidine rings is 2. The van der Waals surface area contributed by atoms with Gasteiger partial charge in [0.25, 0.3) is 10.2 Å². The fourth-order valence-corrected chi connectivity index (χ4v) is 4.14. The predicted molar refractivity (Wildman–Crippen MR) is 119 cm³/mol. The first-order valence-electron chi connectivity index (χ1n) is 10.7. The summed E-state index contributed by atoms with van der Waals surface area (Å²) in [7, 11) is -4.21. The molecular formula is C20H29F2N5O5S. The zero-order valence-electron chi connectivity index (χ0n) is 18.6. The van der Waals surface area contributed by atoms with Gasteiger partial charge in [-0.05, 0) is 13.8 Å². The molecule has 2 heterocycles. The molecule has 3 rings (SSSR count). The quantitative estimate of drug-likeness (QED) is 0.592. The number of ether oxygens (including phenoxy) is 1. The zero-order valence-corrected chi connectivity index (χ0v) is 19.4. The first kappa shape index (κ1) is 25.0. The number of oxime groups is 1. The lowest BCUT2D eigenvalue weighted by molar-refractivity contribution is 0.00415. The molecule has 0 spiro atoms. The second kappa shape index (κ2) is 10.5. The third-order valence-corrected chi connectivity index (χ3v) is 5.84. The Labute approximate surface area is 191 Å². The van der Waals surface area contributed by atoms with E-state index < -0.39 is 27.5 Å². The van der Waals surface area contributed by atoms with E-state index in [4.69, 9.17) is 14.7 Å². The van der Waals surface area contributed by atoms with Crippen molar-refractivity contribution in [1.82, 2.24) is 4.90 Å². The first-order valence-corrected chi connectivity index (χ1v) is 12.3. The topological polar surface area (TPSA) is 127 Å². The molecule has 0 bridgehead atoms. The Kier molecular flexibility index (Phi) is 7.95. The zero-order chi connectivity index (χ0) is 24.2. The van der Waals surface area contributed by atoms with Gasteiger partial charge >= 0.3 is 6.09 Å². The lowest BCUT2D eigenvalue weighted by atomic mass is 10.1. The Hall–Kier alpha value is -2.67. The van der Waals surface area contributed by atoms with E-state index in [9.17, 15) is 22.0 Å². The maximum absolute atomic E-state index is 14.5. The van der Waals surface area contributed by atoms with Crippen molar-refractivity contribution in [2.24, 2.45) is 10.3 Å². The van der Waals surface area contributed by atoms with Crippen LogP contribution in [0.5, 0.6) is 0 Å². The smallest absolute Gasteiger partial charge is 0.410 e. The summed E-state index contributed by atoms with van der Waals surface area (Å²) in [5.74, 6) is -1.69. The van der Waals surface area contributed by atoms with Crippen molar-refractivity contribution in [2.45, 2.75) is 51.7 Å². The van der Waals surface area contributed by atoms with Crippen LogP contribution in [-0.2, 0) is 19.8 Å². The Morgan fingerprint density at radius 3 is 2.36 bits per heavy atom. The largest absolute Gasteiger partial charge is 0.447 e. The van der Waals surface area contributed by atoms with Crippen LogP contribution < -0.4 is 14.8 Å². The molecule has 1 aromatic rings. The number of hydrogen-bond acceptors (Lipinski definition) is 7. The third-order valence-electron chi connectivity index (χ3n) is 5.34. The number of halogens is 2. The third kappa shape index (κ3) is 7.16. The fraction of sp³-hybridized carbons (Fsp3) is 0.600. The highest BCUT2D eigenvalue weighted by Gasteiger charge is 2.26. The van der Waals surface area contributed by atoms with Crippen LogP contribution in [0, 0.1) is 11.6 Å². The SMILES string of the molecule is CC(C)OC(=O)N1CCC(ON=C2CCN(c3cc(F)c(NS(N)(=O)=O)cc3F)CC2)CC1. The van der Waals surface area contributed by atoms with Crippen LogP contribution in [0.1, 0.15) is 39.5 Å². The van der Waals surface area contributed by atoms with E-state index in [2.05, 4.69) is 5.16 Å². The van der Waals surface area contributed by atoms with Crippen molar-refractivity contribution in [3.8, 4) is 0 Å². The molecule has 10 nitrogen and oxygen atoms in total. The Morgan fingerprint density at radius 2 is 1.79 bits per heavy atom. The van der Waals surface area contributed by atoms with E-state index in [1.54, 1.807) is 28.4 Å². The maximum Gasteiger partial charge on any atom is 0.410 e. The molecule has 184 valence electrons. The van der Waals surface area contributed by atoms with Gasteiger partial charge in [-0.3, -0.25) is 4.72 Å². The average molecular weight is 490 g/mol. The second-order valence-corrected chi connectivity index (χ2v) is 9.59. The van der Waals surface area contributed by atoms with Gasteiger partial charge in [0.2, 0.25) is 0 Å². The van der Waals surface area contributed by atoms with Crippen LogP contribution in [-0.4, -0.2) is 63.5 Å². The maximum atomic E-state index is 14.5. The van der Waals surface area contributed by atoms with Crippen molar-refractivity contribution < 1.29 is 31.6 Å². The number of hydrogen-bond donors (Lipinski definition) is 2. The normalized spacial score (nSPS) is 17.8. The van der Waals surface area contributed by atoms with Gasteiger partial charge in [0.05, 0.1) is 23.2 Å². The van der Waals surface area contributed by atoms with Crippen molar-refractivity contribution in [1.29, 1.82) is 0 Å². The van der Waals surface area contributed by atoms with Crippen LogP contribution in [0.25, 0.3) is 0 Å². The van der Waals surface area contributed by atoms with Gasteiger partial charge in [-0.1, -0.05) is 5.16 Å². The summed E-state index contributed by atoms with van der Waals surface area (Å²) in [6, 6.07) is 1.71. The molecule has 0 aliphatic carbocycles. The first-order chi connectivity index (χ1) is 15.5. The van der Waals surface area contributed by atoms with Gasteiger partial charge in [-0.15, -0.1) is 0 Å². The number of nitrogens with one attached hydrogen (secondary N) is 1. The van der Waals surface area contributed by atoms with Crippen molar-refractivity contribution >= 4 is 33.4 Å². The number of carbonyl (C=O) groups is 1. The molecule has 2 aliphatic heterocycles. The van der Waals surface area contributed by atoms with Crippen LogP contribution >= 0.6 is 0 Å². The number of rotatable bonds is 6. The van der Waals surface area contributed by atoms with E-state index >= 15 is 0 Å². The van der Waals surface area contributed by atoms with Gasteiger partial charge in [0.1, 0.15) is 17.7 Å². The average Bonchev–Trinajstić information content (AvgIpc) is 2.74. The molecule has 2 aliphatic rings. The van der Waals surface area contributed by atoms with Crippen LogP contribution in [0.3, 0.4) is 0 Å². The summed E-state index contributed by atoms with van der Waals surface area (Å²) in [5, 5.41) is 9.06. The van der Waals surface area contributed by atoms with Crippen LogP contribution in [0.2, 0.25) is 0 Å². The van der Waals surface area contributed by atoms with Crippen LogP contribution in [0.15, 0.2) is 17.3 Å². The summed E-state index contributed by atoms with van der Waals surface area (Å²) >= 11 is 0. The molecular weight excluding hydrogens is 460 g/mol.